The summed E-state index contributed by atoms with van der Waals surface area (Å²) in [6.07, 6.45) is 6.53. The van der Waals surface area contributed by atoms with Crippen molar-refractivity contribution in [1.82, 2.24) is 15.2 Å². The lowest BCUT2D eigenvalue weighted by atomic mass is 10.2. The maximum atomic E-state index is 5.57. The molecule has 1 aromatic rings. The monoisotopic (exact) mass is 265 g/mol. The standard InChI is InChI=1S/C13H23N5O/c1-3-4-7-18(2)13-16-12(10-15-17-13)14-9-11-6-5-8-19-11/h10-11H,3-9H2,1-2H3,(H,14,16,17). The number of nitrogens with zero attached hydrogens (tertiary/aromatic N) is 4. The molecule has 1 N–H and O–H groups in total. The minimum atomic E-state index is 0.302. The van der Waals surface area contributed by atoms with Crippen LogP contribution in [0.3, 0.4) is 0 Å². The second kappa shape index (κ2) is 7.23. The van der Waals surface area contributed by atoms with Gasteiger partial charge in [-0.2, -0.15) is 10.1 Å². The van der Waals surface area contributed by atoms with Crippen LogP contribution in [0, 0.1) is 0 Å². The van der Waals surface area contributed by atoms with Crippen LogP contribution in [0.2, 0.25) is 0 Å². The molecule has 1 saturated heterocycles. The van der Waals surface area contributed by atoms with Crippen molar-refractivity contribution in [1.29, 1.82) is 0 Å². The molecule has 1 fully saturated rings. The molecule has 0 aliphatic carbocycles. The predicted molar refractivity (Wildman–Crippen MR) is 75.5 cm³/mol. The first-order valence-corrected chi connectivity index (χ1v) is 7.06. The van der Waals surface area contributed by atoms with Gasteiger partial charge in [0.15, 0.2) is 5.82 Å². The molecular weight excluding hydrogens is 242 g/mol. The van der Waals surface area contributed by atoms with Crippen molar-refractivity contribution >= 4 is 11.8 Å². The second-order valence-electron chi connectivity index (χ2n) is 4.93. The van der Waals surface area contributed by atoms with E-state index in [0.717, 1.165) is 51.2 Å². The number of aromatic nitrogens is 3. The number of rotatable bonds is 7. The van der Waals surface area contributed by atoms with Gasteiger partial charge in [0.25, 0.3) is 0 Å². The van der Waals surface area contributed by atoms with Gasteiger partial charge < -0.3 is 15.0 Å². The van der Waals surface area contributed by atoms with Crippen molar-refractivity contribution in [3.8, 4) is 0 Å². The number of hydrogen-bond acceptors (Lipinski definition) is 6. The first-order chi connectivity index (χ1) is 9.29. The molecule has 0 radical (unpaired) electrons. The molecule has 6 heteroatoms. The van der Waals surface area contributed by atoms with Gasteiger partial charge in [0.1, 0.15) is 0 Å². The minimum Gasteiger partial charge on any atom is -0.376 e. The fraction of sp³-hybridized carbons (Fsp3) is 0.769. The highest BCUT2D eigenvalue weighted by atomic mass is 16.5. The first-order valence-electron chi connectivity index (χ1n) is 7.06. The summed E-state index contributed by atoms with van der Waals surface area (Å²) >= 11 is 0. The topological polar surface area (TPSA) is 63.2 Å². The molecular formula is C13H23N5O. The highest BCUT2D eigenvalue weighted by Crippen LogP contribution is 2.13. The Balaban J connectivity index is 1.86. The molecule has 1 aromatic heterocycles. The minimum absolute atomic E-state index is 0.302. The summed E-state index contributed by atoms with van der Waals surface area (Å²) in [6.45, 7) is 4.79. The summed E-state index contributed by atoms with van der Waals surface area (Å²) in [5.41, 5.74) is 0. The van der Waals surface area contributed by atoms with E-state index in [2.05, 4.69) is 27.4 Å². The zero-order valence-electron chi connectivity index (χ0n) is 11.8. The van der Waals surface area contributed by atoms with Gasteiger partial charge in [-0.25, -0.2) is 0 Å². The number of ether oxygens (including phenoxy) is 1. The Morgan fingerprint density at radius 1 is 1.53 bits per heavy atom. The van der Waals surface area contributed by atoms with Crippen LogP contribution in [0.15, 0.2) is 6.20 Å². The SMILES string of the molecule is CCCCN(C)c1nncc(NCC2CCCO2)n1. The molecule has 106 valence electrons. The molecule has 6 nitrogen and oxygen atoms in total. The highest BCUT2D eigenvalue weighted by molar-refractivity contribution is 5.38. The van der Waals surface area contributed by atoms with Crippen LogP contribution >= 0.6 is 0 Å². The third-order valence-electron chi connectivity index (χ3n) is 3.27. The van der Waals surface area contributed by atoms with Crippen molar-refractivity contribution in [3.63, 3.8) is 0 Å². The second-order valence-corrected chi connectivity index (χ2v) is 4.93. The molecule has 0 spiro atoms. The zero-order chi connectivity index (χ0) is 13.5. The summed E-state index contributed by atoms with van der Waals surface area (Å²) in [7, 11) is 2.00. The average molecular weight is 265 g/mol. The number of hydrogen-bond donors (Lipinski definition) is 1. The average Bonchev–Trinajstić information content (AvgIpc) is 2.96. The molecule has 0 bridgehead atoms. The van der Waals surface area contributed by atoms with Crippen molar-refractivity contribution in [2.24, 2.45) is 0 Å². The Morgan fingerprint density at radius 2 is 2.42 bits per heavy atom. The van der Waals surface area contributed by atoms with Gasteiger partial charge in [0, 0.05) is 26.7 Å². The summed E-state index contributed by atoms with van der Waals surface area (Å²) in [4.78, 5) is 6.51. The van der Waals surface area contributed by atoms with Crippen molar-refractivity contribution in [3.05, 3.63) is 6.20 Å². The van der Waals surface area contributed by atoms with Crippen LogP contribution in [0.25, 0.3) is 0 Å². The van der Waals surface area contributed by atoms with Gasteiger partial charge in [-0.1, -0.05) is 13.3 Å². The predicted octanol–water partition coefficient (Wildman–Crippen LogP) is 1.70. The van der Waals surface area contributed by atoms with E-state index in [1.165, 1.54) is 0 Å². The van der Waals surface area contributed by atoms with Crippen molar-refractivity contribution in [2.45, 2.75) is 38.7 Å². The fourth-order valence-electron chi connectivity index (χ4n) is 2.06. The molecule has 0 saturated carbocycles. The molecule has 1 aliphatic heterocycles. The van der Waals surface area contributed by atoms with Crippen LogP contribution in [-0.4, -0.2) is 48.0 Å². The lowest BCUT2D eigenvalue weighted by Gasteiger charge is -2.17. The van der Waals surface area contributed by atoms with E-state index in [4.69, 9.17) is 4.74 Å². The fourth-order valence-corrected chi connectivity index (χ4v) is 2.06. The van der Waals surface area contributed by atoms with Crippen LogP contribution in [0.1, 0.15) is 32.6 Å². The molecule has 2 heterocycles. The number of unbranched alkanes of at least 4 members (excludes halogenated alkanes) is 1. The lowest BCUT2D eigenvalue weighted by molar-refractivity contribution is 0.120. The number of anilines is 2. The summed E-state index contributed by atoms with van der Waals surface area (Å²) < 4.78 is 5.57. The highest BCUT2D eigenvalue weighted by Gasteiger charge is 2.15. The quantitative estimate of drug-likeness (QED) is 0.809. The van der Waals surface area contributed by atoms with Gasteiger partial charge >= 0.3 is 0 Å². The van der Waals surface area contributed by atoms with Crippen LogP contribution < -0.4 is 10.2 Å². The normalized spacial score (nSPS) is 18.5. The molecule has 0 aromatic carbocycles. The molecule has 1 unspecified atom stereocenters. The lowest BCUT2D eigenvalue weighted by Crippen LogP contribution is -2.23. The van der Waals surface area contributed by atoms with Crippen LogP contribution in [0.4, 0.5) is 11.8 Å². The third-order valence-corrected chi connectivity index (χ3v) is 3.27. The maximum Gasteiger partial charge on any atom is 0.247 e. The van der Waals surface area contributed by atoms with E-state index in [1.807, 2.05) is 11.9 Å². The van der Waals surface area contributed by atoms with Gasteiger partial charge in [-0.3, -0.25) is 0 Å². The maximum absolute atomic E-state index is 5.57. The van der Waals surface area contributed by atoms with Gasteiger partial charge in [0.2, 0.25) is 5.95 Å². The Kier molecular flexibility index (Phi) is 5.32. The smallest absolute Gasteiger partial charge is 0.247 e. The summed E-state index contributed by atoms with van der Waals surface area (Å²) in [6, 6.07) is 0. The van der Waals surface area contributed by atoms with Gasteiger partial charge in [-0.05, 0) is 19.3 Å². The van der Waals surface area contributed by atoms with Gasteiger partial charge in [-0.15, -0.1) is 5.10 Å². The molecule has 1 atom stereocenters. The van der Waals surface area contributed by atoms with Crippen molar-refractivity contribution < 1.29 is 4.74 Å². The summed E-state index contributed by atoms with van der Waals surface area (Å²) in [5, 5.41) is 11.3. The largest absolute Gasteiger partial charge is 0.376 e. The van der Waals surface area contributed by atoms with Gasteiger partial charge in [0.05, 0.1) is 12.3 Å². The Morgan fingerprint density at radius 3 is 3.16 bits per heavy atom. The number of nitrogens with one attached hydrogen (secondary N) is 1. The molecule has 19 heavy (non-hydrogen) atoms. The van der Waals surface area contributed by atoms with Crippen LogP contribution in [0.5, 0.6) is 0 Å². The van der Waals surface area contributed by atoms with E-state index in [0.29, 0.717) is 12.1 Å². The van der Waals surface area contributed by atoms with E-state index in [-0.39, 0.29) is 0 Å². The zero-order valence-corrected chi connectivity index (χ0v) is 11.8. The first kappa shape index (κ1) is 14.0. The van der Waals surface area contributed by atoms with E-state index < -0.39 is 0 Å². The molecule has 0 amide bonds. The summed E-state index contributed by atoms with van der Waals surface area (Å²) in [5.74, 6) is 1.44. The molecule has 2 rings (SSSR count). The van der Waals surface area contributed by atoms with E-state index >= 15 is 0 Å². The van der Waals surface area contributed by atoms with Crippen LogP contribution in [-0.2, 0) is 4.74 Å². The van der Waals surface area contributed by atoms with E-state index in [1.54, 1.807) is 6.20 Å². The van der Waals surface area contributed by atoms with Crippen molar-refractivity contribution in [2.75, 3.05) is 37.0 Å². The Hall–Kier alpha value is -1.43. The van der Waals surface area contributed by atoms with E-state index in [9.17, 15) is 0 Å². The third kappa shape index (κ3) is 4.31. The molecule has 1 aliphatic rings. The Labute approximate surface area is 114 Å². The Bertz CT molecular complexity index is 381.